The van der Waals surface area contributed by atoms with Gasteiger partial charge in [0.25, 0.3) is 0 Å². The van der Waals surface area contributed by atoms with Gasteiger partial charge in [0.1, 0.15) is 17.1 Å². The SMILES string of the molecule is CCN(CC)Cc1ccc(C(=O)NNC(=O)CCc2c(C)c3ccc(OC)cc3oc2=O)o1. The highest BCUT2D eigenvalue weighted by molar-refractivity contribution is 5.93. The van der Waals surface area contributed by atoms with Crippen molar-refractivity contribution in [3.63, 3.8) is 0 Å². The monoisotopic (exact) mass is 455 g/mol. The number of furan rings is 1. The van der Waals surface area contributed by atoms with Gasteiger partial charge in [-0.2, -0.15) is 0 Å². The molecule has 0 fully saturated rings. The lowest BCUT2D eigenvalue weighted by Gasteiger charge is -2.15. The topological polar surface area (TPSA) is 114 Å². The molecule has 0 saturated carbocycles. The first kappa shape index (κ1) is 24.1. The Labute approximate surface area is 191 Å². The van der Waals surface area contributed by atoms with E-state index in [9.17, 15) is 14.4 Å². The summed E-state index contributed by atoms with van der Waals surface area (Å²) in [5.74, 6) is 0.381. The number of methoxy groups -OCH3 is 1. The largest absolute Gasteiger partial charge is 0.497 e. The molecule has 0 unspecified atom stereocenters. The number of hydrazine groups is 1. The summed E-state index contributed by atoms with van der Waals surface area (Å²) in [6.07, 6.45) is 0.172. The molecular formula is C24H29N3O6. The Hall–Kier alpha value is -3.59. The Bertz CT molecular complexity index is 1190. The molecule has 9 nitrogen and oxygen atoms in total. The molecule has 0 aliphatic rings. The summed E-state index contributed by atoms with van der Waals surface area (Å²) in [7, 11) is 1.54. The summed E-state index contributed by atoms with van der Waals surface area (Å²) in [5, 5.41) is 0.775. The number of hydrogen-bond acceptors (Lipinski definition) is 7. The van der Waals surface area contributed by atoms with E-state index in [4.69, 9.17) is 13.6 Å². The summed E-state index contributed by atoms with van der Waals surface area (Å²) in [4.78, 5) is 39.1. The van der Waals surface area contributed by atoms with Crippen LogP contribution in [0.2, 0.25) is 0 Å². The maximum Gasteiger partial charge on any atom is 0.339 e. The Morgan fingerprint density at radius 3 is 2.52 bits per heavy atom. The van der Waals surface area contributed by atoms with Crippen molar-refractivity contribution in [2.24, 2.45) is 0 Å². The first-order valence-electron chi connectivity index (χ1n) is 10.9. The van der Waals surface area contributed by atoms with E-state index in [1.165, 1.54) is 7.11 Å². The number of carbonyl (C=O) groups excluding carboxylic acids is 2. The van der Waals surface area contributed by atoms with Crippen LogP contribution < -0.4 is 21.2 Å². The molecule has 0 spiro atoms. The quantitative estimate of drug-likeness (QED) is 0.377. The summed E-state index contributed by atoms with van der Waals surface area (Å²) in [5.41, 5.74) is 5.79. The number of amides is 2. The Kier molecular flexibility index (Phi) is 7.89. The maximum atomic E-state index is 12.4. The molecule has 0 radical (unpaired) electrons. The fraction of sp³-hybridized carbons (Fsp3) is 0.375. The van der Waals surface area contributed by atoms with Gasteiger partial charge in [-0.15, -0.1) is 0 Å². The van der Waals surface area contributed by atoms with Crippen molar-refractivity contribution in [1.82, 2.24) is 15.8 Å². The minimum absolute atomic E-state index is 0.00109. The summed E-state index contributed by atoms with van der Waals surface area (Å²) in [6.45, 7) is 8.27. The average molecular weight is 456 g/mol. The number of benzene rings is 1. The van der Waals surface area contributed by atoms with Gasteiger partial charge in [0.05, 0.1) is 13.7 Å². The van der Waals surface area contributed by atoms with Gasteiger partial charge >= 0.3 is 11.5 Å². The van der Waals surface area contributed by atoms with Crippen LogP contribution in [-0.4, -0.2) is 36.9 Å². The van der Waals surface area contributed by atoms with Crippen molar-refractivity contribution in [3.05, 3.63) is 63.4 Å². The molecule has 1 aromatic carbocycles. The van der Waals surface area contributed by atoms with E-state index in [-0.39, 0.29) is 18.6 Å². The van der Waals surface area contributed by atoms with E-state index >= 15 is 0 Å². The number of carbonyl (C=O) groups is 2. The molecule has 0 atom stereocenters. The number of rotatable bonds is 9. The second kappa shape index (κ2) is 10.8. The van der Waals surface area contributed by atoms with E-state index in [1.807, 2.05) is 13.0 Å². The Morgan fingerprint density at radius 2 is 1.82 bits per heavy atom. The predicted molar refractivity (Wildman–Crippen MR) is 123 cm³/mol. The minimum Gasteiger partial charge on any atom is -0.497 e. The van der Waals surface area contributed by atoms with Gasteiger partial charge in [0.15, 0.2) is 5.76 Å². The van der Waals surface area contributed by atoms with Crippen molar-refractivity contribution in [1.29, 1.82) is 0 Å². The summed E-state index contributed by atoms with van der Waals surface area (Å²) >= 11 is 0. The molecule has 9 heteroatoms. The molecule has 2 amide bonds. The highest BCUT2D eigenvalue weighted by Crippen LogP contribution is 2.24. The number of aryl methyl sites for hydroxylation is 1. The maximum absolute atomic E-state index is 12.4. The minimum atomic E-state index is -0.551. The highest BCUT2D eigenvalue weighted by atomic mass is 16.5. The van der Waals surface area contributed by atoms with Crippen LogP contribution >= 0.6 is 0 Å². The van der Waals surface area contributed by atoms with Crippen LogP contribution in [0, 0.1) is 6.92 Å². The zero-order valence-corrected chi connectivity index (χ0v) is 19.3. The second-order valence-electron chi connectivity index (χ2n) is 7.58. The van der Waals surface area contributed by atoms with Gasteiger partial charge in [-0.25, -0.2) is 4.79 Å². The van der Waals surface area contributed by atoms with E-state index in [0.717, 1.165) is 24.0 Å². The molecule has 3 rings (SSSR count). The normalized spacial score (nSPS) is 11.1. The Morgan fingerprint density at radius 1 is 1.06 bits per heavy atom. The molecule has 2 heterocycles. The molecule has 2 N–H and O–H groups in total. The molecule has 0 aliphatic heterocycles. The molecule has 33 heavy (non-hydrogen) atoms. The molecule has 0 bridgehead atoms. The predicted octanol–water partition coefficient (Wildman–Crippen LogP) is 2.94. The number of fused-ring (bicyclic) bond motifs is 1. The van der Waals surface area contributed by atoms with Gasteiger partial charge in [0, 0.05) is 23.4 Å². The van der Waals surface area contributed by atoms with Crippen molar-refractivity contribution >= 4 is 22.8 Å². The number of nitrogens with zero attached hydrogens (tertiary/aromatic N) is 1. The third-order valence-corrected chi connectivity index (χ3v) is 5.57. The van der Waals surface area contributed by atoms with Crippen molar-refractivity contribution in [3.8, 4) is 5.75 Å². The second-order valence-corrected chi connectivity index (χ2v) is 7.58. The average Bonchev–Trinajstić information content (AvgIpc) is 3.29. The van der Waals surface area contributed by atoms with E-state index in [0.29, 0.717) is 29.2 Å². The summed E-state index contributed by atoms with van der Waals surface area (Å²) in [6, 6.07) is 8.56. The molecule has 176 valence electrons. The lowest BCUT2D eigenvalue weighted by atomic mass is 10.0. The first-order valence-corrected chi connectivity index (χ1v) is 10.9. The van der Waals surface area contributed by atoms with E-state index < -0.39 is 17.4 Å². The molecular weight excluding hydrogens is 426 g/mol. The number of hydrogen-bond donors (Lipinski definition) is 2. The van der Waals surface area contributed by atoms with E-state index in [2.05, 4.69) is 29.6 Å². The van der Waals surface area contributed by atoms with Crippen LogP contribution in [0.15, 0.2) is 44.0 Å². The van der Waals surface area contributed by atoms with Gasteiger partial charge in [-0.05, 0) is 56.3 Å². The fourth-order valence-corrected chi connectivity index (χ4v) is 3.53. The van der Waals surface area contributed by atoms with Crippen LogP contribution in [0.4, 0.5) is 0 Å². The molecule has 3 aromatic rings. The number of ether oxygens (including phenoxy) is 1. The van der Waals surface area contributed by atoms with Gasteiger partial charge in [0.2, 0.25) is 5.91 Å². The van der Waals surface area contributed by atoms with Gasteiger partial charge in [-0.1, -0.05) is 13.8 Å². The molecule has 2 aromatic heterocycles. The summed E-state index contributed by atoms with van der Waals surface area (Å²) < 4.78 is 16.1. The standard InChI is InChI=1S/C24H29N3O6/c1-5-27(6-2)14-17-8-11-20(32-17)23(29)26-25-22(28)12-10-19-15(3)18-9-7-16(31-4)13-21(18)33-24(19)30/h7-9,11,13H,5-6,10,12,14H2,1-4H3,(H,25,28)(H,26,29). The van der Waals surface area contributed by atoms with Crippen molar-refractivity contribution < 1.29 is 23.2 Å². The van der Waals surface area contributed by atoms with Crippen LogP contribution in [0.25, 0.3) is 11.0 Å². The third-order valence-electron chi connectivity index (χ3n) is 5.57. The van der Waals surface area contributed by atoms with Crippen molar-refractivity contribution in [2.45, 2.75) is 40.2 Å². The van der Waals surface area contributed by atoms with Gasteiger partial charge in [-0.3, -0.25) is 25.3 Å². The van der Waals surface area contributed by atoms with Crippen LogP contribution in [0.1, 0.15) is 47.7 Å². The van der Waals surface area contributed by atoms with Crippen LogP contribution in [0.5, 0.6) is 5.75 Å². The zero-order chi connectivity index (χ0) is 24.0. The lowest BCUT2D eigenvalue weighted by Crippen LogP contribution is -2.41. The number of nitrogens with one attached hydrogen (secondary N) is 2. The third kappa shape index (κ3) is 5.81. The zero-order valence-electron chi connectivity index (χ0n) is 19.3. The fourth-order valence-electron chi connectivity index (χ4n) is 3.53. The lowest BCUT2D eigenvalue weighted by molar-refractivity contribution is -0.121. The Balaban J connectivity index is 1.56. The van der Waals surface area contributed by atoms with Crippen LogP contribution in [0.3, 0.4) is 0 Å². The van der Waals surface area contributed by atoms with E-state index in [1.54, 1.807) is 24.3 Å². The molecule has 0 saturated heterocycles. The molecule has 0 aliphatic carbocycles. The first-order chi connectivity index (χ1) is 15.9. The van der Waals surface area contributed by atoms with Gasteiger partial charge < -0.3 is 13.6 Å². The smallest absolute Gasteiger partial charge is 0.339 e. The van der Waals surface area contributed by atoms with Crippen molar-refractivity contribution in [2.75, 3.05) is 20.2 Å². The van der Waals surface area contributed by atoms with Crippen LogP contribution in [-0.2, 0) is 17.8 Å². The highest BCUT2D eigenvalue weighted by Gasteiger charge is 2.16.